The predicted molar refractivity (Wildman–Crippen MR) is 70.4 cm³/mol. The molecular formula is C13H15N3O2. The van der Waals surface area contributed by atoms with Gasteiger partial charge in [0.15, 0.2) is 0 Å². The van der Waals surface area contributed by atoms with Gasteiger partial charge in [-0.3, -0.25) is 4.98 Å². The van der Waals surface area contributed by atoms with Gasteiger partial charge in [-0.05, 0) is 19.1 Å². The highest BCUT2D eigenvalue weighted by Gasteiger charge is 2.07. The summed E-state index contributed by atoms with van der Waals surface area (Å²) in [5.41, 5.74) is 0.720. The van der Waals surface area contributed by atoms with Crippen molar-refractivity contribution >= 4 is 22.5 Å². The quantitative estimate of drug-likeness (QED) is 0.771. The molecule has 1 unspecified atom stereocenters. The van der Waals surface area contributed by atoms with Gasteiger partial charge in [-0.15, -0.1) is 0 Å². The maximum Gasteiger partial charge on any atom is 0.319 e. The molecule has 5 heteroatoms. The van der Waals surface area contributed by atoms with Gasteiger partial charge in [-0.25, -0.2) is 4.79 Å². The molecule has 0 aliphatic heterocycles. The summed E-state index contributed by atoms with van der Waals surface area (Å²) in [4.78, 5) is 15.7. The summed E-state index contributed by atoms with van der Waals surface area (Å²) < 4.78 is 0. The van der Waals surface area contributed by atoms with Crippen LogP contribution in [0.2, 0.25) is 0 Å². The van der Waals surface area contributed by atoms with E-state index >= 15 is 0 Å². The number of fused-ring (bicyclic) bond motifs is 1. The van der Waals surface area contributed by atoms with Crippen molar-refractivity contribution in [3.63, 3.8) is 0 Å². The van der Waals surface area contributed by atoms with Crippen LogP contribution in [0.5, 0.6) is 0 Å². The van der Waals surface area contributed by atoms with Gasteiger partial charge < -0.3 is 15.7 Å². The molecule has 0 aliphatic carbocycles. The van der Waals surface area contributed by atoms with Crippen molar-refractivity contribution in [2.75, 3.05) is 11.9 Å². The molecule has 2 amide bonds. The van der Waals surface area contributed by atoms with Crippen molar-refractivity contribution < 1.29 is 9.90 Å². The van der Waals surface area contributed by atoms with Crippen molar-refractivity contribution in [3.8, 4) is 0 Å². The Balaban J connectivity index is 2.19. The molecule has 0 fully saturated rings. The van der Waals surface area contributed by atoms with Gasteiger partial charge in [-0.1, -0.05) is 12.1 Å². The second-order valence-corrected chi connectivity index (χ2v) is 4.08. The first-order valence-electron chi connectivity index (χ1n) is 5.72. The number of carbonyl (C=O) groups is 1. The van der Waals surface area contributed by atoms with Gasteiger partial charge in [-0.2, -0.15) is 0 Å². The number of aromatic nitrogens is 1. The van der Waals surface area contributed by atoms with Crippen LogP contribution in [0.1, 0.15) is 6.92 Å². The first kappa shape index (κ1) is 12.3. The van der Waals surface area contributed by atoms with Crippen LogP contribution in [-0.4, -0.2) is 28.8 Å². The predicted octanol–water partition coefficient (Wildman–Crippen LogP) is 1.74. The third kappa shape index (κ3) is 2.75. The smallest absolute Gasteiger partial charge is 0.319 e. The number of nitrogens with one attached hydrogen (secondary N) is 2. The summed E-state index contributed by atoms with van der Waals surface area (Å²) in [5.74, 6) is 0. The van der Waals surface area contributed by atoms with Crippen molar-refractivity contribution in [2.24, 2.45) is 0 Å². The maximum atomic E-state index is 11.7. The van der Waals surface area contributed by atoms with E-state index in [0.29, 0.717) is 0 Å². The van der Waals surface area contributed by atoms with Crippen LogP contribution in [0.3, 0.4) is 0 Å². The minimum absolute atomic E-state index is 0.0904. The van der Waals surface area contributed by atoms with E-state index in [-0.39, 0.29) is 18.7 Å². The summed E-state index contributed by atoms with van der Waals surface area (Å²) in [6.07, 6.45) is 3.43. The van der Waals surface area contributed by atoms with E-state index in [9.17, 15) is 4.79 Å². The Bertz CT molecular complexity index is 551. The maximum absolute atomic E-state index is 11.7. The number of amides is 2. The number of benzene rings is 1. The number of aliphatic hydroxyl groups is 1. The number of anilines is 1. The number of rotatable bonds is 3. The Hall–Kier alpha value is -2.14. The second kappa shape index (κ2) is 5.46. The average Bonchev–Trinajstić information content (AvgIpc) is 2.39. The zero-order valence-corrected chi connectivity index (χ0v) is 10.1. The van der Waals surface area contributed by atoms with E-state index < -0.39 is 0 Å². The molecule has 3 N–H and O–H groups in total. The largest absolute Gasteiger partial charge is 0.394 e. The lowest BCUT2D eigenvalue weighted by molar-refractivity contribution is 0.229. The van der Waals surface area contributed by atoms with Gasteiger partial charge in [0.2, 0.25) is 0 Å². The van der Waals surface area contributed by atoms with Gasteiger partial charge >= 0.3 is 6.03 Å². The fourth-order valence-electron chi connectivity index (χ4n) is 1.66. The number of nitrogens with zero attached hydrogens (tertiary/aromatic N) is 1. The number of hydrogen-bond acceptors (Lipinski definition) is 3. The summed E-state index contributed by atoms with van der Waals surface area (Å²) in [7, 11) is 0. The fourth-order valence-corrected chi connectivity index (χ4v) is 1.66. The zero-order valence-electron chi connectivity index (χ0n) is 10.1. The molecule has 94 valence electrons. The summed E-state index contributed by atoms with van der Waals surface area (Å²) >= 11 is 0. The lowest BCUT2D eigenvalue weighted by Gasteiger charge is -2.13. The Morgan fingerprint density at radius 3 is 3.06 bits per heavy atom. The molecule has 0 saturated heterocycles. The Morgan fingerprint density at radius 2 is 2.28 bits per heavy atom. The van der Waals surface area contributed by atoms with Crippen molar-refractivity contribution in [1.29, 1.82) is 0 Å². The van der Waals surface area contributed by atoms with Crippen LogP contribution < -0.4 is 10.6 Å². The van der Waals surface area contributed by atoms with Gasteiger partial charge in [0, 0.05) is 23.2 Å². The molecule has 0 saturated carbocycles. The number of pyridine rings is 1. The Labute approximate surface area is 105 Å². The molecule has 0 spiro atoms. The van der Waals surface area contributed by atoms with E-state index in [1.807, 2.05) is 24.3 Å². The topological polar surface area (TPSA) is 74.2 Å². The highest BCUT2D eigenvalue weighted by atomic mass is 16.3. The lowest BCUT2D eigenvalue weighted by Crippen LogP contribution is -2.38. The molecule has 5 nitrogen and oxygen atoms in total. The number of aliphatic hydroxyl groups excluding tert-OH is 1. The van der Waals surface area contributed by atoms with E-state index in [1.165, 1.54) is 0 Å². The van der Waals surface area contributed by atoms with E-state index in [2.05, 4.69) is 15.6 Å². The molecule has 1 aromatic heterocycles. The summed E-state index contributed by atoms with van der Waals surface area (Å²) in [6.45, 7) is 1.64. The lowest BCUT2D eigenvalue weighted by atomic mass is 10.1. The molecule has 1 heterocycles. The SMILES string of the molecule is CC(CO)NC(=O)Nc1cccc2cnccc12. The number of hydrogen-bond donors (Lipinski definition) is 3. The third-order valence-corrected chi connectivity index (χ3v) is 2.58. The molecule has 18 heavy (non-hydrogen) atoms. The van der Waals surface area contributed by atoms with Gasteiger partial charge in [0.1, 0.15) is 0 Å². The number of carbonyl (C=O) groups excluding carboxylic acids is 1. The Kier molecular flexibility index (Phi) is 3.74. The Morgan fingerprint density at radius 1 is 1.44 bits per heavy atom. The molecular weight excluding hydrogens is 230 g/mol. The molecule has 0 aliphatic rings. The molecule has 1 aromatic carbocycles. The average molecular weight is 245 g/mol. The number of urea groups is 1. The molecule has 0 radical (unpaired) electrons. The second-order valence-electron chi connectivity index (χ2n) is 4.08. The van der Waals surface area contributed by atoms with Crippen molar-refractivity contribution in [2.45, 2.75) is 13.0 Å². The minimum atomic E-state index is -0.333. The van der Waals surface area contributed by atoms with Crippen molar-refractivity contribution in [3.05, 3.63) is 36.7 Å². The van der Waals surface area contributed by atoms with E-state index in [0.717, 1.165) is 16.5 Å². The van der Waals surface area contributed by atoms with Crippen molar-refractivity contribution in [1.82, 2.24) is 10.3 Å². The first-order valence-corrected chi connectivity index (χ1v) is 5.72. The molecule has 2 rings (SSSR count). The first-order chi connectivity index (χ1) is 8.70. The standard InChI is InChI=1S/C13H15N3O2/c1-9(8-17)15-13(18)16-12-4-2-3-10-7-14-6-5-11(10)12/h2-7,9,17H,8H2,1H3,(H2,15,16,18). The summed E-state index contributed by atoms with van der Waals surface area (Å²) in [6, 6.07) is 6.85. The molecule has 1 atom stereocenters. The van der Waals surface area contributed by atoms with Crippen LogP contribution >= 0.6 is 0 Å². The van der Waals surface area contributed by atoms with Crippen LogP contribution in [0, 0.1) is 0 Å². The normalized spacial score (nSPS) is 12.1. The third-order valence-electron chi connectivity index (χ3n) is 2.58. The van der Waals surface area contributed by atoms with Crippen LogP contribution in [0.4, 0.5) is 10.5 Å². The fraction of sp³-hybridized carbons (Fsp3) is 0.231. The van der Waals surface area contributed by atoms with Gasteiger partial charge in [0.05, 0.1) is 18.3 Å². The van der Waals surface area contributed by atoms with Gasteiger partial charge in [0.25, 0.3) is 0 Å². The van der Waals surface area contributed by atoms with Crippen LogP contribution in [-0.2, 0) is 0 Å². The minimum Gasteiger partial charge on any atom is -0.394 e. The monoisotopic (exact) mass is 245 g/mol. The van der Waals surface area contributed by atoms with E-state index in [4.69, 9.17) is 5.11 Å². The highest BCUT2D eigenvalue weighted by molar-refractivity contribution is 6.01. The van der Waals surface area contributed by atoms with Crippen LogP contribution in [0.25, 0.3) is 10.8 Å². The zero-order chi connectivity index (χ0) is 13.0. The molecule has 2 aromatic rings. The summed E-state index contributed by atoms with van der Waals surface area (Å²) in [5, 5.41) is 16.2. The highest BCUT2D eigenvalue weighted by Crippen LogP contribution is 2.21. The molecule has 0 bridgehead atoms. The van der Waals surface area contributed by atoms with Crippen LogP contribution in [0.15, 0.2) is 36.7 Å². The van der Waals surface area contributed by atoms with E-state index in [1.54, 1.807) is 19.3 Å².